The normalized spacial score (nSPS) is 18.3. The van der Waals surface area contributed by atoms with Crippen molar-refractivity contribution in [3.05, 3.63) is 71.2 Å². The molecule has 38 heavy (non-hydrogen) atoms. The molecule has 200 valence electrons. The molecular weight excluding hydrogens is 487 g/mol. The molecule has 9 heteroatoms. The average molecular weight is 521 g/mol. The first-order valence-corrected chi connectivity index (χ1v) is 12.9. The monoisotopic (exact) mass is 520 g/mol. The number of hydrogen-bond donors (Lipinski definition) is 1. The Morgan fingerprint density at radius 2 is 1.87 bits per heavy atom. The average Bonchev–Trinajstić information content (AvgIpc) is 2.94. The Labute approximate surface area is 222 Å². The highest BCUT2D eigenvalue weighted by atomic mass is 19.1. The van der Waals surface area contributed by atoms with Gasteiger partial charge in [0.25, 0.3) is 5.91 Å². The zero-order valence-corrected chi connectivity index (χ0v) is 22.0. The summed E-state index contributed by atoms with van der Waals surface area (Å²) in [4.78, 5) is 24.2. The maximum absolute atomic E-state index is 14.4. The van der Waals surface area contributed by atoms with Gasteiger partial charge >= 0.3 is 0 Å². The smallest absolute Gasteiger partial charge is 0.255 e. The van der Waals surface area contributed by atoms with Gasteiger partial charge in [0.2, 0.25) is 0 Å². The predicted octanol–water partition coefficient (Wildman–Crippen LogP) is 4.83. The first-order chi connectivity index (χ1) is 18.3. The summed E-state index contributed by atoms with van der Waals surface area (Å²) in [6, 6.07) is 13.0. The number of aryl methyl sites for hydroxylation is 1. The first-order valence-electron chi connectivity index (χ1n) is 12.9. The third-order valence-corrected chi connectivity index (χ3v) is 6.75. The SMILES string of the molecule is Cc1ccc(NC(=O)c2ccnc(C(C)(C)F)c2)cc1-c1cc(C2COCCO2)nc(N2CCOCC2)c1. The van der Waals surface area contributed by atoms with Crippen LogP contribution < -0.4 is 10.2 Å². The number of alkyl halides is 1. The number of benzene rings is 1. The van der Waals surface area contributed by atoms with Gasteiger partial charge < -0.3 is 24.4 Å². The molecule has 2 fully saturated rings. The summed E-state index contributed by atoms with van der Waals surface area (Å²) in [5.41, 5.74) is 3.37. The van der Waals surface area contributed by atoms with Gasteiger partial charge in [0.1, 0.15) is 17.6 Å². The summed E-state index contributed by atoms with van der Waals surface area (Å²) in [6.45, 7) is 9.26. The first kappa shape index (κ1) is 26.2. The van der Waals surface area contributed by atoms with E-state index in [4.69, 9.17) is 19.2 Å². The van der Waals surface area contributed by atoms with Crippen LogP contribution in [0.25, 0.3) is 11.1 Å². The van der Waals surface area contributed by atoms with Crippen LogP contribution in [0, 0.1) is 6.92 Å². The molecule has 1 amide bonds. The number of nitrogens with zero attached hydrogens (tertiary/aromatic N) is 3. The molecule has 0 radical (unpaired) electrons. The van der Waals surface area contributed by atoms with Crippen LogP contribution in [0.4, 0.5) is 15.9 Å². The molecule has 2 aliphatic heterocycles. The Morgan fingerprint density at radius 3 is 2.61 bits per heavy atom. The van der Waals surface area contributed by atoms with Crippen LogP contribution in [0.5, 0.6) is 0 Å². The van der Waals surface area contributed by atoms with E-state index < -0.39 is 5.67 Å². The van der Waals surface area contributed by atoms with Crippen molar-refractivity contribution in [3.8, 4) is 11.1 Å². The number of amides is 1. The molecule has 5 rings (SSSR count). The van der Waals surface area contributed by atoms with Gasteiger partial charge in [0.15, 0.2) is 0 Å². The summed E-state index contributed by atoms with van der Waals surface area (Å²) in [7, 11) is 0. The molecule has 3 aromatic rings. The molecular formula is C29H33FN4O4. The van der Waals surface area contributed by atoms with Gasteiger partial charge in [0.05, 0.1) is 44.4 Å². The maximum atomic E-state index is 14.4. The molecule has 0 aliphatic carbocycles. The van der Waals surface area contributed by atoms with E-state index >= 15 is 0 Å². The Balaban J connectivity index is 1.47. The third-order valence-electron chi connectivity index (χ3n) is 6.75. The van der Waals surface area contributed by atoms with Crippen molar-refractivity contribution < 1.29 is 23.4 Å². The molecule has 2 aliphatic rings. The van der Waals surface area contributed by atoms with Crippen molar-refractivity contribution in [1.82, 2.24) is 9.97 Å². The Hall–Kier alpha value is -3.40. The van der Waals surface area contributed by atoms with Gasteiger partial charge in [0, 0.05) is 30.5 Å². The Morgan fingerprint density at radius 1 is 1.05 bits per heavy atom. The van der Waals surface area contributed by atoms with Crippen LogP contribution >= 0.6 is 0 Å². The lowest BCUT2D eigenvalue weighted by Gasteiger charge is -2.30. The van der Waals surface area contributed by atoms with Crippen LogP contribution in [0.1, 0.15) is 47.3 Å². The summed E-state index contributed by atoms with van der Waals surface area (Å²) in [5, 5.41) is 2.95. The van der Waals surface area contributed by atoms with Crippen LogP contribution in [0.3, 0.4) is 0 Å². The standard InChI is InChI=1S/C29H33FN4O4/c1-19-4-5-22(32-28(35)20-6-7-31-26(15-20)29(2,3)30)17-23(19)21-14-24(25-18-37-12-13-38-25)33-27(16-21)34-8-10-36-11-9-34/h4-7,14-17,25H,8-13,18H2,1-3H3,(H,32,35). The second-order valence-electron chi connectivity index (χ2n) is 10.1. The van der Waals surface area contributed by atoms with Crippen molar-refractivity contribution in [1.29, 1.82) is 0 Å². The number of nitrogens with one attached hydrogen (secondary N) is 1. The van der Waals surface area contributed by atoms with Crippen LogP contribution in [0.2, 0.25) is 0 Å². The number of anilines is 2. The summed E-state index contributed by atoms with van der Waals surface area (Å²) in [5.74, 6) is 0.534. The number of halogens is 1. The second kappa shape index (κ2) is 11.1. The van der Waals surface area contributed by atoms with Gasteiger partial charge in [-0.2, -0.15) is 0 Å². The minimum atomic E-state index is -1.64. The number of aromatic nitrogens is 2. The minimum absolute atomic E-state index is 0.212. The van der Waals surface area contributed by atoms with Crippen molar-refractivity contribution >= 4 is 17.4 Å². The van der Waals surface area contributed by atoms with E-state index in [1.807, 2.05) is 31.2 Å². The molecule has 0 bridgehead atoms. The zero-order chi connectivity index (χ0) is 26.7. The molecule has 1 aromatic carbocycles. The van der Waals surface area contributed by atoms with Gasteiger partial charge in [-0.1, -0.05) is 6.07 Å². The Bertz CT molecular complexity index is 1260. The molecule has 2 saturated heterocycles. The van der Waals surface area contributed by atoms with E-state index in [0.717, 1.165) is 41.3 Å². The number of pyridine rings is 2. The number of ether oxygens (including phenoxy) is 3. The topological polar surface area (TPSA) is 85.8 Å². The van der Waals surface area contributed by atoms with Crippen molar-refractivity contribution in [2.45, 2.75) is 32.5 Å². The highest BCUT2D eigenvalue weighted by Gasteiger charge is 2.24. The van der Waals surface area contributed by atoms with Gasteiger partial charge in [-0.05, 0) is 73.9 Å². The van der Waals surface area contributed by atoms with Crippen molar-refractivity contribution in [2.24, 2.45) is 0 Å². The van der Waals surface area contributed by atoms with E-state index in [0.29, 0.717) is 44.3 Å². The molecule has 1 unspecified atom stereocenters. The summed E-state index contributed by atoms with van der Waals surface area (Å²) >= 11 is 0. The molecule has 2 aromatic heterocycles. The fraction of sp³-hybridized carbons (Fsp3) is 0.414. The predicted molar refractivity (Wildman–Crippen MR) is 143 cm³/mol. The lowest BCUT2D eigenvalue weighted by Crippen LogP contribution is -2.37. The van der Waals surface area contributed by atoms with Gasteiger partial charge in [-0.3, -0.25) is 9.78 Å². The number of carbonyl (C=O) groups excluding carboxylic acids is 1. The quantitative estimate of drug-likeness (QED) is 0.498. The fourth-order valence-corrected chi connectivity index (χ4v) is 4.58. The summed E-state index contributed by atoms with van der Waals surface area (Å²) < 4.78 is 31.5. The molecule has 8 nitrogen and oxygen atoms in total. The van der Waals surface area contributed by atoms with Gasteiger partial charge in [-0.15, -0.1) is 0 Å². The van der Waals surface area contributed by atoms with Gasteiger partial charge in [-0.25, -0.2) is 9.37 Å². The zero-order valence-electron chi connectivity index (χ0n) is 22.0. The number of carbonyl (C=O) groups is 1. The largest absolute Gasteiger partial charge is 0.378 e. The molecule has 1 atom stereocenters. The van der Waals surface area contributed by atoms with E-state index in [-0.39, 0.29) is 17.7 Å². The maximum Gasteiger partial charge on any atom is 0.255 e. The van der Waals surface area contributed by atoms with Crippen LogP contribution in [-0.4, -0.2) is 62.0 Å². The molecule has 1 N–H and O–H groups in total. The minimum Gasteiger partial charge on any atom is -0.378 e. The highest BCUT2D eigenvalue weighted by molar-refractivity contribution is 6.04. The highest BCUT2D eigenvalue weighted by Crippen LogP contribution is 2.33. The summed E-state index contributed by atoms with van der Waals surface area (Å²) in [6.07, 6.45) is 1.21. The number of rotatable bonds is 6. The third kappa shape index (κ3) is 6.01. The van der Waals surface area contributed by atoms with Crippen molar-refractivity contribution in [2.75, 3.05) is 56.3 Å². The van der Waals surface area contributed by atoms with Crippen LogP contribution in [0.15, 0.2) is 48.7 Å². The number of morpholine rings is 1. The Kier molecular flexibility index (Phi) is 7.69. The van der Waals surface area contributed by atoms with E-state index in [9.17, 15) is 9.18 Å². The fourth-order valence-electron chi connectivity index (χ4n) is 4.58. The second-order valence-corrected chi connectivity index (χ2v) is 10.1. The molecule has 0 saturated carbocycles. The van der Waals surface area contributed by atoms with E-state index in [1.165, 1.54) is 26.1 Å². The lowest BCUT2D eigenvalue weighted by molar-refractivity contribution is -0.0917. The molecule has 4 heterocycles. The van der Waals surface area contributed by atoms with Crippen molar-refractivity contribution in [3.63, 3.8) is 0 Å². The number of hydrogen-bond acceptors (Lipinski definition) is 7. The van der Waals surface area contributed by atoms with Crippen LogP contribution in [-0.2, 0) is 19.9 Å². The molecule has 0 spiro atoms. The van der Waals surface area contributed by atoms with E-state index in [1.54, 1.807) is 6.07 Å². The lowest BCUT2D eigenvalue weighted by atomic mass is 9.98. The van der Waals surface area contributed by atoms with E-state index in [2.05, 4.69) is 21.3 Å².